The van der Waals surface area contributed by atoms with Gasteiger partial charge in [0.1, 0.15) is 5.69 Å². The van der Waals surface area contributed by atoms with E-state index in [1.807, 2.05) is 21.7 Å². The fraction of sp³-hybridized carbons (Fsp3) is 0.600. The van der Waals surface area contributed by atoms with Gasteiger partial charge in [0.2, 0.25) is 5.91 Å². The van der Waals surface area contributed by atoms with Crippen LogP contribution in [0.3, 0.4) is 0 Å². The van der Waals surface area contributed by atoms with Gasteiger partial charge in [-0.3, -0.25) is 9.59 Å². The zero-order valence-electron chi connectivity index (χ0n) is 12.7. The van der Waals surface area contributed by atoms with Crippen LogP contribution in [0.4, 0.5) is 0 Å². The van der Waals surface area contributed by atoms with E-state index in [0.29, 0.717) is 5.69 Å². The van der Waals surface area contributed by atoms with Crippen LogP contribution in [0.25, 0.3) is 0 Å². The van der Waals surface area contributed by atoms with E-state index in [1.165, 1.54) is 0 Å². The number of hydrogen-bond acceptors (Lipinski definition) is 2. The number of nitrogens with zero attached hydrogens (tertiary/aromatic N) is 2. The first-order valence-corrected chi connectivity index (χ1v) is 8.11. The van der Waals surface area contributed by atoms with E-state index in [-0.39, 0.29) is 23.9 Å². The fourth-order valence-corrected chi connectivity index (χ4v) is 3.09. The molecule has 2 heterocycles. The minimum Gasteiger partial charge on any atom is -0.348 e. The number of halogens is 1. The molecule has 1 saturated heterocycles. The summed E-state index contributed by atoms with van der Waals surface area (Å²) in [5.74, 6) is 0.0630. The van der Waals surface area contributed by atoms with Gasteiger partial charge in [-0.25, -0.2) is 0 Å². The second-order valence-corrected chi connectivity index (χ2v) is 6.71. The van der Waals surface area contributed by atoms with E-state index >= 15 is 0 Å². The topological polar surface area (TPSA) is 54.3 Å². The summed E-state index contributed by atoms with van der Waals surface area (Å²) in [4.78, 5) is 25.6. The Balaban J connectivity index is 1.98. The quantitative estimate of drug-likeness (QED) is 0.905. The molecule has 0 unspecified atom stereocenters. The maximum Gasteiger partial charge on any atom is 0.268 e. The van der Waals surface area contributed by atoms with E-state index in [4.69, 9.17) is 0 Å². The Kier molecular flexibility index (Phi) is 5.08. The number of piperidine rings is 1. The molecule has 21 heavy (non-hydrogen) atoms. The monoisotopic (exact) mass is 355 g/mol. The van der Waals surface area contributed by atoms with Crippen molar-refractivity contribution in [3.05, 3.63) is 22.4 Å². The molecule has 6 heteroatoms. The molecule has 0 spiro atoms. The number of rotatable bonds is 3. The van der Waals surface area contributed by atoms with Gasteiger partial charge in [-0.2, -0.15) is 0 Å². The third-order valence-corrected chi connectivity index (χ3v) is 4.31. The average Bonchev–Trinajstić information content (AvgIpc) is 2.82. The molecule has 0 saturated carbocycles. The van der Waals surface area contributed by atoms with Crippen LogP contribution in [0.5, 0.6) is 0 Å². The Morgan fingerprint density at radius 1 is 1.33 bits per heavy atom. The molecule has 1 fully saturated rings. The average molecular weight is 356 g/mol. The first kappa shape index (κ1) is 16.1. The van der Waals surface area contributed by atoms with Gasteiger partial charge in [-0.05, 0) is 48.7 Å². The van der Waals surface area contributed by atoms with Crippen LogP contribution in [0.2, 0.25) is 0 Å². The maximum absolute atomic E-state index is 12.4. The van der Waals surface area contributed by atoms with Crippen molar-refractivity contribution in [2.24, 2.45) is 0 Å². The van der Waals surface area contributed by atoms with Crippen LogP contribution < -0.4 is 5.32 Å². The Bertz CT molecular complexity index is 531. The highest BCUT2D eigenvalue weighted by molar-refractivity contribution is 9.10. The summed E-state index contributed by atoms with van der Waals surface area (Å²) in [5.41, 5.74) is 0.672. The molecule has 1 aliphatic heterocycles. The molecule has 0 aliphatic carbocycles. The molecule has 1 N–H and O–H groups in total. The molecule has 0 bridgehead atoms. The second kappa shape index (κ2) is 6.64. The Morgan fingerprint density at radius 3 is 2.48 bits per heavy atom. The number of aromatic nitrogens is 1. The summed E-state index contributed by atoms with van der Waals surface area (Å²) in [6.45, 7) is 7.12. The predicted octanol–water partition coefficient (Wildman–Crippen LogP) is 2.57. The van der Waals surface area contributed by atoms with Crippen molar-refractivity contribution in [1.82, 2.24) is 14.8 Å². The third-order valence-electron chi connectivity index (χ3n) is 3.88. The summed E-state index contributed by atoms with van der Waals surface area (Å²) in [6, 6.07) is 2.22. The number of carbonyl (C=O) groups is 2. The summed E-state index contributed by atoms with van der Waals surface area (Å²) in [5, 5.41) is 3.08. The highest BCUT2D eigenvalue weighted by Gasteiger charge is 2.23. The maximum atomic E-state index is 12.4. The third kappa shape index (κ3) is 3.87. The van der Waals surface area contributed by atoms with Gasteiger partial charge in [-0.1, -0.05) is 0 Å². The molecule has 0 radical (unpaired) electrons. The lowest BCUT2D eigenvalue weighted by Gasteiger charge is -2.31. The molecule has 2 rings (SSSR count). The van der Waals surface area contributed by atoms with E-state index in [1.54, 1.807) is 6.92 Å². The van der Waals surface area contributed by atoms with Gasteiger partial charge in [0.15, 0.2) is 0 Å². The van der Waals surface area contributed by atoms with Gasteiger partial charge < -0.3 is 14.8 Å². The number of carbonyl (C=O) groups excluding carboxylic acids is 2. The van der Waals surface area contributed by atoms with Gasteiger partial charge in [0.25, 0.3) is 5.91 Å². The van der Waals surface area contributed by atoms with Gasteiger partial charge in [0.05, 0.1) is 0 Å². The number of amides is 2. The largest absolute Gasteiger partial charge is 0.348 e. The lowest BCUT2D eigenvalue weighted by molar-refractivity contribution is -0.129. The molecule has 1 aromatic rings. The summed E-state index contributed by atoms with van der Waals surface area (Å²) < 4.78 is 2.87. The zero-order chi connectivity index (χ0) is 15.6. The van der Waals surface area contributed by atoms with Crippen LogP contribution in [0.1, 0.15) is 50.1 Å². The number of nitrogens with one attached hydrogen (secondary N) is 1. The fourth-order valence-electron chi connectivity index (χ4n) is 2.65. The van der Waals surface area contributed by atoms with Crippen molar-refractivity contribution in [2.75, 3.05) is 13.1 Å². The molecule has 1 aliphatic rings. The van der Waals surface area contributed by atoms with Crippen LogP contribution in [-0.2, 0) is 4.79 Å². The van der Waals surface area contributed by atoms with E-state index < -0.39 is 0 Å². The predicted molar refractivity (Wildman–Crippen MR) is 85.3 cm³/mol. The highest BCUT2D eigenvalue weighted by atomic mass is 79.9. The summed E-state index contributed by atoms with van der Waals surface area (Å²) in [6.07, 6.45) is 3.56. The highest BCUT2D eigenvalue weighted by Crippen LogP contribution is 2.20. The van der Waals surface area contributed by atoms with Crippen LogP contribution in [-0.4, -0.2) is 40.4 Å². The lowest BCUT2D eigenvalue weighted by Crippen LogP contribution is -2.46. The number of likely N-dealkylation sites (tertiary alicyclic amines) is 1. The van der Waals surface area contributed by atoms with Gasteiger partial charge in [-0.15, -0.1) is 0 Å². The Hall–Kier alpha value is -1.30. The second-order valence-electron chi connectivity index (χ2n) is 5.80. The van der Waals surface area contributed by atoms with Crippen LogP contribution in [0, 0.1) is 0 Å². The zero-order valence-corrected chi connectivity index (χ0v) is 14.3. The van der Waals surface area contributed by atoms with Crippen molar-refractivity contribution in [2.45, 2.75) is 45.7 Å². The van der Waals surface area contributed by atoms with E-state index in [0.717, 1.165) is 30.4 Å². The Morgan fingerprint density at radius 2 is 1.95 bits per heavy atom. The summed E-state index contributed by atoms with van der Waals surface area (Å²) >= 11 is 3.42. The molecule has 0 atom stereocenters. The first-order valence-electron chi connectivity index (χ1n) is 7.32. The van der Waals surface area contributed by atoms with Crippen molar-refractivity contribution >= 4 is 27.7 Å². The molecule has 0 aromatic carbocycles. The molecular weight excluding hydrogens is 334 g/mol. The van der Waals surface area contributed by atoms with Crippen molar-refractivity contribution < 1.29 is 9.59 Å². The minimum absolute atomic E-state index is 0.0457. The SMILES string of the molecule is CC(=O)N1CCC(NC(=O)c2cc(Br)cn2C(C)C)CC1. The van der Waals surface area contributed by atoms with Gasteiger partial charge >= 0.3 is 0 Å². The van der Waals surface area contributed by atoms with Crippen molar-refractivity contribution in [3.63, 3.8) is 0 Å². The van der Waals surface area contributed by atoms with E-state index in [2.05, 4.69) is 35.1 Å². The smallest absolute Gasteiger partial charge is 0.268 e. The lowest BCUT2D eigenvalue weighted by atomic mass is 10.0. The normalized spacial score (nSPS) is 16.3. The molecule has 2 amide bonds. The molecule has 1 aromatic heterocycles. The molecular formula is C15H22BrN3O2. The minimum atomic E-state index is -0.0457. The molecule has 116 valence electrons. The van der Waals surface area contributed by atoms with Gasteiger partial charge in [0, 0.05) is 42.8 Å². The van der Waals surface area contributed by atoms with Crippen LogP contribution >= 0.6 is 15.9 Å². The summed E-state index contributed by atoms with van der Waals surface area (Å²) in [7, 11) is 0. The standard InChI is InChI=1S/C15H22BrN3O2/c1-10(2)19-9-12(16)8-14(19)15(21)17-13-4-6-18(7-5-13)11(3)20/h8-10,13H,4-7H2,1-3H3,(H,17,21). The van der Waals surface area contributed by atoms with E-state index in [9.17, 15) is 9.59 Å². The molecule has 5 nitrogen and oxygen atoms in total. The van der Waals surface area contributed by atoms with Crippen molar-refractivity contribution in [1.29, 1.82) is 0 Å². The first-order chi connectivity index (χ1) is 9.88. The van der Waals surface area contributed by atoms with Crippen LogP contribution in [0.15, 0.2) is 16.7 Å². The van der Waals surface area contributed by atoms with Crippen molar-refractivity contribution in [3.8, 4) is 0 Å². The Labute approximate surface area is 133 Å². The number of hydrogen-bond donors (Lipinski definition) is 1.